The van der Waals surface area contributed by atoms with Crippen LogP contribution in [0.25, 0.3) is 0 Å². The zero-order chi connectivity index (χ0) is 33.0. The minimum atomic E-state index is -1.04. The Balaban J connectivity index is 1.77. The van der Waals surface area contributed by atoms with Gasteiger partial charge in [-0.3, -0.25) is 24.0 Å². The van der Waals surface area contributed by atoms with Gasteiger partial charge in [-0.2, -0.15) is 0 Å². The molecule has 4 N–H and O–H groups in total. The first kappa shape index (κ1) is 35.0. The van der Waals surface area contributed by atoms with Gasteiger partial charge >= 0.3 is 0 Å². The smallest absolute Gasteiger partial charge is 0.255 e. The minimum Gasteiger partial charge on any atom is -0.491 e. The Hall–Kier alpha value is -4.48. The number of halogens is 1. The van der Waals surface area contributed by atoms with Gasteiger partial charge in [-0.25, -0.2) is 4.39 Å². The lowest BCUT2D eigenvalue weighted by Crippen LogP contribution is -2.49. The zero-order valence-corrected chi connectivity index (χ0v) is 26.4. The third-order valence-corrected chi connectivity index (χ3v) is 7.59. The number of carbonyl (C=O) groups excluding carboxylic acids is 5. The van der Waals surface area contributed by atoms with Crippen LogP contribution < -0.4 is 26.0 Å². The number of ether oxygens (including phenoxy) is 1. The van der Waals surface area contributed by atoms with Crippen LogP contribution in [0.3, 0.4) is 0 Å². The lowest BCUT2D eigenvalue weighted by molar-refractivity contribution is -0.135. The lowest BCUT2D eigenvalue weighted by atomic mass is 9.84. The number of nitrogens with one attached hydrogen (secondary N) is 4. The maximum absolute atomic E-state index is 13.5. The number of hydrogen-bond donors (Lipinski definition) is 4. The van der Waals surface area contributed by atoms with Crippen molar-refractivity contribution in [1.82, 2.24) is 26.2 Å². The highest BCUT2D eigenvalue weighted by Gasteiger charge is 2.27. The molecule has 0 fully saturated rings. The summed E-state index contributed by atoms with van der Waals surface area (Å²) in [6.07, 6.45) is 1.33. The molecule has 0 bridgehead atoms. The molecule has 3 rings (SSSR count). The van der Waals surface area contributed by atoms with Gasteiger partial charge in [-0.15, -0.1) is 0 Å². The second-order valence-corrected chi connectivity index (χ2v) is 12.0. The fourth-order valence-corrected chi connectivity index (χ4v) is 4.78. The predicted octanol–water partition coefficient (Wildman–Crippen LogP) is 2.44. The standard InChI is InChI=1S/C33H44FN5O6/c1-22-20-45-27-10-6-5-9-25(27)31(43)38-26(32(44)36-21-33(2,3)23-12-14-24(34)15-13-23)16-17-28(40)35-18-8-7-11-30(42)39(4)19-29(41)37-22/h5-6,9-10,12-15,22,26H,7-8,11,16-21H2,1-4H3,(H,35,40)(H,36,44)(H,37,41)(H,38,43)/t22-,26-/m0/s1. The van der Waals surface area contributed by atoms with Gasteiger partial charge in [0.15, 0.2) is 0 Å². The van der Waals surface area contributed by atoms with Gasteiger partial charge < -0.3 is 30.9 Å². The van der Waals surface area contributed by atoms with Gasteiger partial charge in [-0.05, 0) is 56.0 Å². The van der Waals surface area contributed by atoms with Crippen molar-refractivity contribution in [2.24, 2.45) is 0 Å². The molecule has 45 heavy (non-hydrogen) atoms. The summed E-state index contributed by atoms with van der Waals surface area (Å²) in [5.74, 6) is -1.96. The quantitative estimate of drug-likeness (QED) is 0.411. The van der Waals surface area contributed by atoms with Crippen molar-refractivity contribution in [3.8, 4) is 5.75 Å². The molecule has 2 aromatic rings. The van der Waals surface area contributed by atoms with Crippen molar-refractivity contribution < 1.29 is 33.1 Å². The molecule has 0 unspecified atom stereocenters. The van der Waals surface area contributed by atoms with Crippen LogP contribution in [0.2, 0.25) is 0 Å². The Bertz CT molecular complexity index is 1350. The van der Waals surface area contributed by atoms with Crippen LogP contribution >= 0.6 is 0 Å². The molecule has 11 nitrogen and oxygen atoms in total. The fraction of sp³-hybridized carbons (Fsp3) is 0.485. The molecule has 1 aliphatic heterocycles. The molecule has 0 saturated carbocycles. The van der Waals surface area contributed by atoms with E-state index in [1.807, 2.05) is 13.8 Å². The van der Waals surface area contributed by atoms with Gasteiger partial charge in [0.2, 0.25) is 23.6 Å². The predicted molar refractivity (Wildman–Crippen MR) is 167 cm³/mol. The molecule has 1 aliphatic rings. The molecule has 0 saturated heterocycles. The Labute approximate surface area is 263 Å². The van der Waals surface area contributed by atoms with Crippen molar-refractivity contribution in [2.45, 2.75) is 70.4 Å². The Morgan fingerprint density at radius 1 is 1.00 bits per heavy atom. The van der Waals surface area contributed by atoms with Crippen molar-refractivity contribution in [2.75, 3.05) is 33.3 Å². The minimum absolute atomic E-state index is 0.0230. The second kappa shape index (κ2) is 16.6. The van der Waals surface area contributed by atoms with Gasteiger partial charge in [-0.1, -0.05) is 38.1 Å². The lowest BCUT2D eigenvalue weighted by Gasteiger charge is -2.27. The fourth-order valence-electron chi connectivity index (χ4n) is 4.78. The molecule has 2 aromatic carbocycles. The van der Waals surface area contributed by atoms with E-state index < -0.39 is 29.3 Å². The van der Waals surface area contributed by atoms with Gasteiger partial charge in [0.25, 0.3) is 5.91 Å². The molecule has 0 radical (unpaired) electrons. The highest BCUT2D eigenvalue weighted by molar-refractivity contribution is 5.99. The molecular weight excluding hydrogens is 581 g/mol. The number of fused-ring (bicyclic) bond motifs is 1. The summed E-state index contributed by atoms with van der Waals surface area (Å²) in [4.78, 5) is 65.8. The number of hydrogen-bond acceptors (Lipinski definition) is 6. The number of para-hydroxylation sites is 1. The second-order valence-electron chi connectivity index (χ2n) is 12.0. The van der Waals surface area contributed by atoms with Crippen LogP contribution in [0.1, 0.15) is 68.8 Å². The molecule has 0 spiro atoms. The first-order chi connectivity index (χ1) is 21.4. The largest absolute Gasteiger partial charge is 0.491 e. The number of rotatable bonds is 4. The van der Waals surface area contributed by atoms with Crippen LogP contribution in [0.5, 0.6) is 5.75 Å². The van der Waals surface area contributed by atoms with E-state index in [2.05, 4.69) is 21.3 Å². The highest BCUT2D eigenvalue weighted by Crippen LogP contribution is 2.23. The Morgan fingerprint density at radius 3 is 2.44 bits per heavy atom. The number of carbonyl (C=O) groups is 5. The van der Waals surface area contributed by atoms with Crippen LogP contribution in [-0.4, -0.2) is 79.8 Å². The average molecular weight is 626 g/mol. The van der Waals surface area contributed by atoms with Crippen molar-refractivity contribution in [1.29, 1.82) is 0 Å². The maximum atomic E-state index is 13.5. The van der Waals surface area contributed by atoms with Crippen molar-refractivity contribution in [3.63, 3.8) is 0 Å². The van der Waals surface area contributed by atoms with E-state index in [0.717, 1.165) is 5.56 Å². The van der Waals surface area contributed by atoms with E-state index in [9.17, 15) is 28.4 Å². The summed E-state index contributed by atoms with van der Waals surface area (Å²) in [5, 5.41) is 11.2. The van der Waals surface area contributed by atoms with Crippen molar-refractivity contribution in [3.05, 3.63) is 65.5 Å². The molecule has 1 heterocycles. The zero-order valence-electron chi connectivity index (χ0n) is 26.4. The summed E-state index contributed by atoms with van der Waals surface area (Å²) < 4.78 is 19.3. The van der Waals surface area contributed by atoms with E-state index in [0.29, 0.717) is 19.4 Å². The summed E-state index contributed by atoms with van der Waals surface area (Å²) in [7, 11) is 1.56. The topological polar surface area (TPSA) is 146 Å². The van der Waals surface area contributed by atoms with Gasteiger partial charge in [0.1, 0.15) is 24.2 Å². The Kier molecular flexibility index (Phi) is 12.9. The molecule has 0 aromatic heterocycles. The van der Waals surface area contributed by atoms with Gasteiger partial charge in [0, 0.05) is 38.4 Å². The SMILES string of the molecule is C[C@H]1COc2ccccc2C(=O)N[C@H](C(=O)NCC(C)(C)c2ccc(F)cc2)CCC(=O)NCCCCC(=O)N(C)CC(=O)N1. The molecule has 2 atom stereocenters. The number of nitrogens with zero attached hydrogens (tertiary/aromatic N) is 1. The van der Waals surface area contributed by atoms with Crippen LogP contribution in [0, 0.1) is 5.82 Å². The van der Waals surface area contributed by atoms with E-state index >= 15 is 0 Å². The first-order valence-electron chi connectivity index (χ1n) is 15.2. The van der Waals surface area contributed by atoms with Crippen LogP contribution in [0.15, 0.2) is 48.5 Å². The van der Waals surface area contributed by atoms with Crippen LogP contribution in [-0.2, 0) is 24.6 Å². The average Bonchev–Trinajstić information content (AvgIpc) is 3.00. The highest BCUT2D eigenvalue weighted by atomic mass is 19.1. The Morgan fingerprint density at radius 2 is 1.71 bits per heavy atom. The van der Waals surface area contributed by atoms with E-state index in [-0.39, 0.29) is 73.8 Å². The molecular formula is C33H44FN5O6. The van der Waals surface area contributed by atoms with E-state index in [1.54, 1.807) is 50.4 Å². The molecule has 244 valence electrons. The van der Waals surface area contributed by atoms with Gasteiger partial charge in [0.05, 0.1) is 18.2 Å². The summed E-state index contributed by atoms with van der Waals surface area (Å²) in [6.45, 7) is 6.05. The number of likely N-dealkylation sites (N-methyl/N-ethyl adjacent to an activating group) is 1. The summed E-state index contributed by atoms with van der Waals surface area (Å²) in [6, 6.07) is 11.1. The molecule has 5 amide bonds. The normalized spacial score (nSPS) is 20.0. The molecule has 0 aliphatic carbocycles. The summed E-state index contributed by atoms with van der Waals surface area (Å²) >= 11 is 0. The van der Waals surface area contributed by atoms with E-state index in [4.69, 9.17) is 4.74 Å². The number of amides is 5. The monoisotopic (exact) mass is 625 g/mol. The maximum Gasteiger partial charge on any atom is 0.255 e. The first-order valence-corrected chi connectivity index (χ1v) is 15.2. The van der Waals surface area contributed by atoms with Crippen molar-refractivity contribution >= 4 is 29.5 Å². The third-order valence-electron chi connectivity index (χ3n) is 7.59. The third kappa shape index (κ3) is 11.2. The molecule has 12 heteroatoms. The van der Waals surface area contributed by atoms with E-state index in [1.165, 1.54) is 17.0 Å². The number of benzene rings is 2. The summed E-state index contributed by atoms with van der Waals surface area (Å²) in [5.41, 5.74) is 0.463. The van der Waals surface area contributed by atoms with Crippen LogP contribution in [0.4, 0.5) is 4.39 Å².